The molecule has 0 spiro atoms. The van der Waals surface area contributed by atoms with Gasteiger partial charge in [-0.2, -0.15) is 0 Å². The van der Waals surface area contributed by atoms with Crippen molar-refractivity contribution in [1.29, 1.82) is 0 Å². The van der Waals surface area contributed by atoms with E-state index in [0.29, 0.717) is 13.0 Å². The summed E-state index contributed by atoms with van der Waals surface area (Å²) in [4.78, 5) is 11.0. The van der Waals surface area contributed by atoms with Gasteiger partial charge in [-0.25, -0.2) is 0 Å². The molecule has 0 radical (unpaired) electrons. The number of hydrogen-bond donors (Lipinski definition) is 1. The van der Waals surface area contributed by atoms with Crippen LogP contribution in [0.4, 0.5) is 0 Å². The molecule has 1 saturated heterocycles. The molecule has 0 unspecified atom stereocenters. The molecule has 0 aliphatic carbocycles. The molecule has 1 fully saturated rings. The third kappa shape index (κ3) is 4.21. The van der Waals surface area contributed by atoms with Crippen molar-refractivity contribution in [3.63, 3.8) is 0 Å². The Bertz CT molecular complexity index is 211. The molecule has 0 amide bonds. The number of ether oxygens (including phenoxy) is 1. The second kappa shape index (κ2) is 4.42. The maximum atomic E-state index is 11.0. The van der Waals surface area contributed by atoms with E-state index in [-0.39, 0.29) is 18.5 Å². The van der Waals surface area contributed by atoms with Crippen LogP contribution in [0.1, 0.15) is 12.8 Å². The van der Waals surface area contributed by atoms with E-state index in [1.165, 1.54) is 0 Å². The highest BCUT2D eigenvalue weighted by Crippen LogP contribution is 2.16. The van der Waals surface area contributed by atoms with Gasteiger partial charge >= 0.3 is 5.97 Å². The van der Waals surface area contributed by atoms with Crippen LogP contribution in [0.5, 0.6) is 0 Å². The summed E-state index contributed by atoms with van der Waals surface area (Å²) in [5.41, 5.74) is 0. The number of aliphatic hydroxyl groups is 1. The van der Waals surface area contributed by atoms with Gasteiger partial charge in [0.2, 0.25) is 0 Å². The minimum atomic E-state index is -1.56. The highest BCUT2D eigenvalue weighted by atomic mass is 28.4. The van der Waals surface area contributed by atoms with E-state index in [0.717, 1.165) is 0 Å². The van der Waals surface area contributed by atoms with Crippen LogP contribution < -0.4 is 0 Å². The van der Waals surface area contributed by atoms with Crippen molar-refractivity contribution in [2.45, 2.75) is 44.7 Å². The molecule has 0 bridgehead atoms. The maximum absolute atomic E-state index is 11.0. The highest BCUT2D eigenvalue weighted by molar-refractivity contribution is 6.69. The lowest BCUT2D eigenvalue weighted by Gasteiger charge is -2.28. The molecule has 82 valence electrons. The molecule has 0 aromatic heterocycles. The van der Waals surface area contributed by atoms with Crippen molar-refractivity contribution < 1.29 is 19.1 Å². The summed E-state index contributed by atoms with van der Waals surface area (Å²) in [6.45, 7) is 6.65. The summed E-state index contributed by atoms with van der Waals surface area (Å²) < 4.78 is 10.7. The van der Waals surface area contributed by atoms with Crippen LogP contribution in [0.2, 0.25) is 19.6 Å². The molecule has 1 aliphatic rings. The van der Waals surface area contributed by atoms with E-state index in [4.69, 9.17) is 9.16 Å². The van der Waals surface area contributed by atoms with Gasteiger partial charge in [0.15, 0.2) is 8.32 Å². The van der Waals surface area contributed by atoms with Gasteiger partial charge < -0.3 is 14.3 Å². The Labute approximate surface area is 85.3 Å². The molecule has 5 heteroatoms. The van der Waals surface area contributed by atoms with E-state index in [9.17, 15) is 9.90 Å². The molecule has 0 aromatic carbocycles. The molecule has 1 rings (SSSR count). The smallest absolute Gasteiger partial charge is 0.308 e. The van der Waals surface area contributed by atoms with Crippen molar-refractivity contribution in [2.75, 3.05) is 6.61 Å². The first kappa shape index (κ1) is 11.7. The Kier molecular flexibility index (Phi) is 3.69. The van der Waals surface area contributed by atoms with Crippen molar-refractivity contribution in [1.82, 2.24) is 0 Å². The lowest BCUT2D eigenvalue weighted by atomic mass is 10.1. The zero-order valence-corrected chi connectivity index (χ0v) is 9.95. The van der Waals surface area contributed by atoms with E-state index in [2.05, 4.69) is 19.6 Å². The highest BCUT2D eigenvalue weighted by Gasteiger charge is 2.28. The Morgan fingerprint density at radius 1 is 1.57 bits per heavy atom. The van der Waals surface area contributed by atoms with Crippen molar-refractivity contribution in [3.05, 3.63) is 0 Å². The van der Waals surface area contributed by atoms with E-state index in [1.807, 2.05) is 0 Å². The van der Waals surface area contributed by atoms with Crippen LogP contribution in [0.3, 0.4) is 0 Å². The molecule has 1 N–H and O–H groups in total. The minimum Gasteiger partial charge on any atom is -0.460 e. The summed E-state index contributed by atoms with van der Waals surface area (Å²) in [7, 11) is -1.56. The monoisotopic (exact) mass is 218 g/mol. The lowest BCUT2D eigenvalue weighted by molar-refractivity contribution is -0.162. The van der Waals surface area contributed by atoms with Crippen LogP contribution in [0.25, 0.3) is 0 Å². The zero-order chi connectivity index (χ0) is 10.8. The Morgan fingerprint density at radius 2 is 2.21 bits per heavy atom. The average Bonchev–Trinajstić information content (AvgIpc) is 1.97. The molecular weight excluding hydrogens is 200 g/mol. The summed E-state index contributed by atoms with van der Waals surface area (Å²) in [5.74, 6) is -0.326. The molecule has 4 nitrogen and oxygen atoms in total. The summed E-state index contributed by atoms with van der Waals surface area (Å²) in [5, 5.41) is 9.33. The molecule has 0 aromatic rings. The lowest BCUT2D eigenvalue weighted by Crippen LogP contribution is -2.38. The van der Waals surface area contributed by atoms with Crippen molar-refractivity contribution in [3.8, 4) is 0 Å². The fourth-order valence-corrected chi connectivity index (χ4v) is 1.99. The molecular formula is C9H18O4Si. The van der Waals surface area contributed by atoms with Gasteiger partial charge in [0.1, 0.15) is 6.10 Å². The normalized spacial score (nSPS) is 28.7. The van der Waals surface area contributed by atoms with Crippen LogP contribution in [0, 0.1) is 0 Å². The number of cyclic esters (lactones) is 1. The third-order valence-electron chi connectivity index (χ3n) is 1.94. The van der Waals surface area contributed by atoms with E-state index >= 15 is 0 Å². The second-order valence-electron chi connectivity index (χ2n) is 4.63. The number of carbonyl (C=O) groups excluding carboxylic acids is 1. The van der Waals surface area contributed by atoms with Crippen molar-refractivity contribution >= 4 is 14.3 Å². The van der Waals surface area contributed by atoms with Gasteiger partial charge in [0.05, 0.1) is 19.1 Å². The Hall–Kier alpha value is -0.393. The van der Waals surface area contributed by atoms with Gasteiger partial charge in [0.25, 0.3) is 0 Å². The summed E-state index contributed by atoms with van der Waals surface area (Å²) >= 11 is 0. The van der Waals surface area contributed by atoms with Gasteiger partial charge in [-0.05, 0) is 19.6 Å². The van der Waals surface area contributed by atoms with Crippen LogP contribution in [-0.2, 0) is 14.0 Å². The fraction of sp³-hybridized carbons (Fsp3) is 0.889. The fourth-order valence-electron chi connectivity index (χ4n) is 1.31. The number of carbonyl (C=O) groups is 1. The van der Waals surface area contributed by atoms with Crippen molar-refractivity contribution in [2.24, 2.45) is 0 Å². The van der Waals surface area contributed by atoms with Gasteiger partial charge in [-0.15, -0.1) is 0 Å². The summed E-state index contributed by atoms with van der Waals surface area (Å²) in [6.07, 6.45) is -0.218. The Balaban J connectivity index is 2.34. The molecule has 1 heterocycles. The van der Waals surface area contributed by atoms with E-state index < -0.39 is 14.4 Å². The van der Waals surface area contributed by atoms with Crippen LogP contribution in [-0.4, -0.2) is 38.2 Å². The molecule has 1 aliphatic heterocycles. The van der Waals surface area contributed by atoms with Gasteiger partial charge in [0, 0.05) is 6.42 Å². The van der Waals surface area contributed by atoms with Gasteiger partial charge in [-0.1, -0.05) is 0 Å². The largest absolute Gasteiger partial charge is 0.460 e. The molecule has 0 saturated carbocycles. The first-order valence-electron chi connectivity index (χ1n) is 4.88. The van der Waals surface area contributed by atoms with Gasteiger partial charge in [-0.3, -0.25) is 4.79 Å². The third-order valence-corrected chi connectivity index (χ3v) is 2.97. The Morgan fingerprint density at radius 3 is 2.71 bits per heavy atom. The number of rotatable bonds is 3. The number of aliphatic hydroxyl groups excluding tert-OH is 1. The zero-order valence-electron chi connectivity index (χ0n) is 8.95. The van der Waals surface area contributed by atoms with E-state index in [1.54, 1.807) is 0 Å². The SMILES string of the molecule is C[Si](C)(C)OC[C@@H]1C[C@H](O)CC(=O)O1. The number of hydrogen-bond acceptors (Lipinski definition) is 4. The second-order valence-corrected chi connectivity index (χ2v) is 9.14. The minimum absolute atomic E-state index is 0.115. The first-order valence-corrected chi connectivity index (χ1v) is 8.29. The molecule has 14 heavy (non-hydrogen) atoms. The predicted molar refractivity (Wildman–Crippen MR) is 54.4 cm³/mol. The maximum Gasteiger partial charge on any atom is 0.308 e. The van der Waals surface area contributed by atoms with Crippen LogP contribution in [0.15, 0.2) is 0 Å². The summed E-state index contributed by atoms with van der Waals surface area (Å²) in [6, 6.07) is 0. The number of esters is 1. The topological polar surface area (TPSA) is 55.8 Å². The standard InChI is InChI=1S/C9H18O4Si/c1-14(2,3)12-6-8-4-7(10)5-9(11)13-8/h7-8,10H,4-6H2,1-3H3/t7-,8-/m0/s1. The average molecular weight is 218 g/mol. The predicted octanol–water partition coefficient (Wildman–Crippen LogP) is 0.904. The molecule has 2 atom stereocenters. The first-order chi connectivity index (χ1) is 6.37. The quantitative estimate of drug-likeness (QED) is 0.565. The van der Waals surface area contributed by atoms with Crippen LogP contribution >= 0.6 is 0 Å².